The molecule has 1 aromatic carbocycles. The van der Waals surface area contributed by atoms with Gasteiger partial charge in [0.15, 0.2) is 0 Å². The smallest absolute Gasteiger partial charge is 0.255 e. The van der Waals surface area contributed by atoms with Crippen molar-refractivity contribution < 1.29 is 19.1 Å². The number of imide groups is 1. The van der Waals surface area contributed by atoms with Crippen LogP contribution in [0.2, 0.25) is 0 Å². The summed E-state index contributed by atoms with van der Waals surface area (Å²) in [5.74, 6) is -0.0985. The van der Waals surface area contributed by atoms with Crippen LogP contribution in [0.25, 0.3) is 0 Å². The van der Waals surface area contributed by atoms with E-state index in [4.69, 9.17) is 4.74 Å². The number of ether oxygens (including phenoxy) is 1. The molecule has 2 aliphatic heterocycles. The van der Waals surface area contributed by atoms with Gasteiger partial charge >= 0.3 is 0 Å². The van der Waals surface area contributed by atoms with Gasteiger partial charge < -0.3 is 15.0 Å². The number of nitrogens with one attached hydrogen (secondary N) is 2. The van der Waals surface area contributed by atoms with Crippen molar-refractivity contribution in [3.63, 3.8) is 0 Å². The molecule has 3 atom stereocenters. The number of carbonyl (C=O) groups is 3. The number of carbonyl (C=O) groups excluding carboxylic acids is 3. The molecule has 2 saturated carbocycles. The third-order valence-electron chi connectivity index (χ3n) is 8.45. The standard InChI is InChI=1S/C27H37N3O4/c1-34-21-9-7-20(8-10-21)28-23-5-3-2-4-18(23)14-17-6-11-22-19(15-17)16-30(27(22)33)24-12-13-25(31)29-26(24)32/h6,11,15,18,20-21,23-24,28H,2-5,7-10,12-14,16H2,1H3,(H,29,31,32)/t18-,20-,21-,23+,24?/m1/s1. The van der Waals surface area contributed by atoms with E-state index in [1.165, 1.54) is 44.1 Å². The highest BCUT2D eigenvalue weighted by molar-refractivity contribution is 6.05. The van der Waals surface area contributed by atoms with Gasteiger partial charge in [0.25, 0.3) is 5.91 Å². The molecule has 34 heavy (non-hydrogen) atoms. The highest BCUT2D eigenvalue weighted by Crippen LogP contribution is 2.33. The lowest BCUT2D eigenvalue weighted by atomic mass is 9.79. The zero-order chi connectivity index (χ0) is 23.7. The van der Waals surface area contributed by atoms with E-state index < -0.39 is 6.04 Å². The van der Waals surface area contributed by atoms with Gasteiger partial charge in [0.1, 0.15) is 6.04 Å². The molecule has 7 nitrogen and oxygen atoms in total. The molecular weight excluding hydrogens is 430 g/mol. The number of methoxy groups -OCH3 is 1. The summed E-state index contributed by atoms with van der Waals surface area (Å²) in [7, 11) is 1.82. The molecule has 5 rings (SSSR count). The summed E-state index contributed by atoms with van der Waals surface area (Å²) in [4.78, 5) is 38.4. The number of benzene rings is 1. The fraction of sp³-hybridized carbons (Fsp3) is 0.667. The lowest BCUT2D eigenvalue weighted by Crippen LogP contribution is -2.52. The van der Waals surface area contributed by atoms with E-state index in [1.54, 1.807) is 4.90 Å². The first kappa shape index (κ1) is 23.5. The first-order valence-corrected chi connectivity index (χ1v) is 13.1. The zero-order valence-electron chi connectivity index (χ0n) is 20.2. The van der Waals surface area contributed by atoms with Crippen LogP contribution in [0.3, 0.4) is 0 Å². The van der Waals surface area contributed by atoms with Crippen molar-refractivity contribution in [1.29, 1.82) is 0 Å². The van der Waals surface area contributed by atoms with Crippen molar-refractivity contribution in [3.05, 3.63) is 34.9 Å². The Hall–Kier alpha value is -2.25. The van der Waals surface area contributed by atoms with Crippen LogP contribution in [-0.4, -0.2) is 54.0 Å². The van der Waals surface area contributed by atoms with E-state index in [0.29, 0.717) is 42.6 Å². The van der Waals surface area contributed by atoms with Crippen molar-refractivity contribution in [3.8, 4) is 0 Å². The Labute approximate surface area is 202 Å². The second-order valence-corrected chi connectivity index (χ2v) is 10.6. The zero-order valence-corrected chi connectivity index (χ0v) is 20.2. The van der Waals surface area contributed by atoms with Crippen LogP contribution in [0, 0.1) is 5.92 Å². The number of amides is 3. The highest BCUT2D eigenvalue weighted by Gasteiger charge is 2.39. The number of fused-ring (bicyclic) bond motifs is 1. The van der Waals surface area contributed by atoms with Crippen LogP contribution < -0.4 is 10.6 Å². The molecule has 2 heterocycles. The molecule has 0 bridgehead atoms. The van der Waals surface area contributed by atoms with Gasteiger partial charge in [-0.15, -0.1) is 0 Å². The van der Waals surface area contributed by atoms with E-state index in [9.17, 15) is 14.4 Å². The van der Waals surface area contributed by atoms with Gasteiger partial charge in [-0.1, -0.05) is 25.0 Å². The predicted octanol–water partition coefficient (Wildman–Crippen LogP) is 3.10. The van der Waals surface area contributed by atoms with Gasteiger partial charge in [0.05, 0.1) is 6.10 Å². The molecule has 3 amide bonds. The molecule has 7 heteroatoms. The van der Waals surface area contributed by atoms with Crippen molar-refractivity contribution in [2.45, 2.75) is 101 Å². The maximum Gasteiger partial charge on any atom is 0.255 e. The van der Waals surface area contributed by atoms with Crippen molar-refractivity contribution in [1.82, 2.24) is 15.5 Å². The topological polar surface area (TPSA) is 87.7 Å². The lowest BCUT2D eigenvalue weighted by molar-refractivity contribution is -0.136. The molecule has 3 fully saturated rings. The Morgan fingerprint density at radius 3 is 2.59 bits per heavy atom. The minimum atomic E-state index is -0.554. The summed E-state index contributed by atoms with van der Waals surface area (Å²) in [6, 6.07) is 6.80. The summed E-state index contributed by atoms with van der Waals surface area (Å²) in [5.41, 5.74) is 2.98. The first-order valence-electron chi connectivity index (χ1n) is 13.1. The molecule has 184 valence electrons. The normalized spacial score (nSPS) is 32.0. The van der Waals surface area contributed by atoms with Crippen molar-refractivity contribution in [2.24, 2.45) is 5.92 Å². The average molecular weight is 468 g/mol. The Morgan fingerprint density at radius 2 is 1.82 bits per heavy atom. The van der Waals surface area contributed by atoms with Crippen LogP contribution in [-0.2, 0) is 27.3 Å². The molecule has 1 saturated heterocycles. The highest BCUT2D eigenvalue weighted by atomic mass is 16.5. The fourth-order valence-electron chi connectivity index (χ4n) is 6.50. The summed E-state index contributed by atoms with van der Waals surface area (Å²) in [6.45, 7) is 0.448. The summed E-state index contributed by atoms with van der Waals surface area (Å²) < 4.78 is 5.54. The third-order valence-corrected chi connectivity index (χ3v) is 8.45. The fourth-order valence-corrected chi connectivity index (χ4v) is 6.50. The monoisotopic (exact) mass is 467 g/mol. The van der Waals surface area contributed by atoms with E-state index in [0.717, 1.165) is 24.8 Å². The van der Waals surface area contributed by atoms with Crippen LogP contribution in [0.1, 0.15) is 85.7 Å². The Balaban J connectivity index is 1.23. The Bertz CT molecular complexity index is 940. The van der Waals surface area contributed by atoms with E-state index in [-0.39, 0.29) is 24.1 Å². The molecule has 2 aliphatic carbocycles. The van der Waals surface area contributed by atoms with Crippen molar-refractivity contribution >= 4 is 17.7 Å². The molecule has 0 radical (unpaired) electrons. The summed E-state index contributed by atoms with van der Waals surface area (Å²) in [5, 5.41) is 6.38. The summed E-state index contributed by atoms with van der Waals surface area (Å²) in [6.07, 6.45) is 11.9. The summed E-state index contributed by atoms with van der Waals surface area (Å²) >= 11 is 0. The van der Waals surface area contributed by atoms with E-state index in [2.05, 4.69) is 22.8 Å². The maximum atomic E-state index is 13.0. The van der Waals surface area contributed by atoms with E-state index in [1.807, 2.05) is 13.2 Å². The first-order chi connectivity index (χ1) is 16.5. The molecule has 1 aromatic rings. The van der Waals surface area contributed by atoms with E-state index >= 15 is 0 Å². The molecule has 4 aliphatic rings. The number of hydrogen-bond acceptors (Lipinski definition) is 5. The number of hydrogen-bond donors (Lipinski definition) is 2. The van der Waals surface area contributed by atoms with Gasteiger partial charge in [-0.3, -0.25) is 19.7 Å². The number of piperidine rings is 1. The molecule has 0 spiro atoms. The van der Waals surface area contributed by atoms with Gasteiger partial charge in [-0.2, -0.15) is 0 Å². The molecule has 1 unspecified atom stereocenters. The minimum Gasteiger partial charge on any atom is -0.381 e. The average Bonchev–Trinajstić information content (AvgIpc) is 3.16. The second kappa shape index (κ2) is 10.2. The number of nitrogens with zero attached hydrogens (tertiary/aromatic N) is 1. The second-order valence-electron chi connectivity index (χ2n) is 10.6. The van der Waals surface area contributed by atoms with Crippen LogP contribution in [0.5, 0.6) is 0 Å². The Morgan fingerprint density at radius 1 is 1.03 bits per heavy atom. The largest absolute Gasteiger partial charge is 0.381 e. The van der Waals surface area contributed by atoms with Gasteiger partial charge in [-0.25, -0.2) is 0 Å². The molecule has 2 N–H and O–H groups in total. The Kier molecular flexibility index (Phi) is 7.02. The SMILES string of the molecule is CO[C@H]1CC[C@H](N[C@H]2CCCC[C@@H]2Cc2ccc3c(c2)CN(C2CCC(=O)NC2=O)C3=O)CC1. The van der Waals surface area contributed by atoms with Crippen molar-refractivity contribution in [2.75, 3.05) is 7.11 Å². The van der Waals surface area contributed by atoms with Gasteiger partial charge in [0.2, 0.25) is 11.8 Å². The molecular formula is C27H37N3O4. The number of rotatable bonds is 6. The van der Waals surface area contributed by atoms with Gasteiger partial charge in [0, 0.05) is 37.7 Å². The quantitative estimate of drug-likeness (QED) is 0.628. The lowest BCUT2D eigenvalue weighted by Gasteiger charge is -2.37. The van der Waals surface area contributed by atoms with Crippen LogP contribution in [0.4, 0.5) is 0 Å². The third kappa shape index (κ3) is 4.91. The minimum absolute atomic E-state index is 0.0973. The van der Waals surface area contributed by atoms with Crippen LogP contribution >= 0.6 is 0 Å². The van der Waals surface area contributed by atoms with Gasteiger partial charge in [-0.05, 0) is 74.5 Å². The van der Waals surface area contributed by atoms with Crippen LogP contribution in [0.15, 0.2) is 18.2 Å². The maximum absolute atomic E-state index is 13.0. The molecule has 0 aromatic heterocycles. The predicted molar refractivity (Wildman–Crippen MR) is 128 cm³/mol.